The number of esters is 1. The van der Waals surface area contributed by atoms with E-state index in [9.17, 15) is 18.0 Å². The fraction of sp³-hybridized carbons (Fsp3) is 0.500. The number of hydrogen-bond acceptors (Lipinski definition) is 3. The van der Waals surface area contributed by atoms with Gasteiger partial charge in [0.2, 0.25) is 0 Å². The third kappa shape index (κ3) is 3.12. The average Bonchev–Trinajstić information content (AvgIpc) is 2.45. The minimum absolute atomic E-state index is 0.106. The summed E-state index contributed by atoms with van der Waals surface area (Å²) in [5, 5.41) is 3.10. The van der Waals surface area contributed by atoms with Gasteiger partial charge in [0.25, 0.3) is 0 Å². The summed E-state index contributed by atoms with van der Waals surface area (Å²) in [6.07, 6.45) is -3.64. The summed E-state index contributed by atoms with van der Waals surface area (Å²) in [6.45, 7) is 1.22. The number of alkyl halides is 3. The van der Waals surface area contributed by atoms with E-state index in [0.29, 0.717) is 13.0 Å². The van der Waals surface area contributed by atoms with Crippen molar-refractivity contribution in [3.05, 3.63) is 35.4 Å². The Balaban J connectivity index is 2.22. The van der Waals surface area contributed by atoms with Gasteiger partial charge in [0.1, 0.15) is 0 Å². The molecule has 0 bridgehead atoms. The van der Waals surface area contributed by atoms with Gasteiger partial charge in [0.05, 0.1) is 18.6 Å². The van der Waals surface area contributed by atoms with E-state index in [0.717, 1.165) is 24.2 Å². The highest BCUT2D eigenvalue weighted by Gasteiger charge is 2.34. The molecule has 1 aromatic carbocycles. The highest BCUT2D eigenvalue weighted by Crippen LogP contribution is 2.34. The molecule has 20 heavy (non-hydrogen) atoms. The van der Waals surface area contributed by atoms with Crippen molar-refractivity contribution in [2.24, 2.45) is 5.92 Å². The van der Waals surface area contributed by atoms with Gasteiger partial charge < -0.3 is 10.1 Å². The van der Waals surface area contributed by atoms with Gasteiger partial charge in [-0.25, -0.2) is 0 Å². The van der Waals surface area contributed by atoms with Gasteiger partial charge >= 0.3 is 12.1 Å². The molecular weight excluding hydrogens is 271 g/mol. The highest BCUT2D eigenvalue weighted by atomic mass is 19.4. The van der Waals surface area contributed by atoms with Crippen LogP contribution in [0.4, 0.5) is 13.2 Å². The maximum Gasteiger partial charge on any atom is 0.416 e. The Hall–Kier alpha value is -1.56. The summed E-state index contributed by atoms with van der Waals surface area (Å²) in [5.41, 5.74) is 0.0692. The van der Waals surface area contributed by atoms with Crippen LogP contribution in [0.5, 0.6) is 0 Å². The van der Waals surface area contributed by atoms with Gasteiger partial charge in [0.15, 0.2) is 0 Å². The van der Waals surface area contributed by atoms with Crippen LogP contribution in [0.2, 0.25) is 0 Å². The van der Waals surface area contributed by atoms with Gasteiger partial charge in [-0.2, -0.15) is 13.2 Å². The van der Waals surface area contributed by atoms with Crippen molar-refractivity contribution in [2.75, 3.05) is 20.2 Å². The van der Waals surface area contributed by atoms with E-state index in [2.05, 4.69) is 5.32 Å². The van der Waals surface area contributed by atoms with Gasteiger partial charge in [0, 0.05) is 6.54 Å². The van der Waals surface area contributed by atoms with Gasteiger partial charge in [-0.1, -0.05) is 12.1 Å². The summed E-state index contributed by atoms with van der Waals surface area (Å²) in [6, 6.07) is 5.03. The van der Waals surface area contributed by atoms with Crippen molar-refractivity contribution in [3.63, 3.8) is 0 Å². The zero-order valence-electron chi connectivity index (χ0n) is 11.0. The SMILES string of the molecule is COC(=O)[C@H]1CNCC[C@H]1c1ccc(C(F)(F)F)cc1. The van der Waals surface area contributed by atoms with Crippen LogP contribution < -0.4 is 5.32 Å². The van der Waals surface area contributed by atoms with Crippen molar-refractivity contribution >= 4 is 5.97 Å². The smallest absolute Gasteiger partial charge is 0.416 e. The van der Waals surface area contributed by atoms with E-state index in [4.69, 9.17) is 4.74 Å². The Bertz CT molecular complexity index is 470. The van der Waals surface area contributed by atoms with E-state index in [1.54, 1.807) is 0 Å². The minimum Gasteiger partial charge on any atom is -0.469 e. The Kier molecular flexibility index (Phi) is 4.32. The number of rotatable bonds is 2. The van der Waals surface area contributed by atoms with Crippen LogP contribution in [0, 0.1) is 5.92 Å². The third-order valence-electron chi connectivity index (χ3n) is 3.65. The fourth-order valence-electron chi connectivity index (χ4n) is 2.58. The minimum atomic E-state index is -4.34. The molecule has 0 spiro atoms. The number of ether oxygens (including phenoxy) is 1. The molecule has 1 heterocycles. The Morgan fingerprint density at radius 2 is 1.95 bits per heavy atom. The molecule has 0 aliphatic carbocycles. The number of methoxy groups -OCH3 is 1. The van der Waals surface area contributed by atoms with Crippen molar-refractivity contribution in [1.29, 1.82) is 0 Å². The molecule has 0 aromatic heterocycles. The van der Waals surface area contributed by atoms with Gasteiger partial charge in [-0.05, 0) is 36.6 Å². The Morgan fingerprint density at radius 3 is 2.50 bits per heavy atom. The first-order valence-corrected chi connectivity index (χ1v) is 6.39. The number of piperidine rings is 1. The molecule has 1 N–H and O–H groups in total. The first-order chi connectivity index (χ1) is 9.43. The molecule has 1 fully saturated rings. The van der Waals surface area contributed by atoms with Crippen molar-refractivity contribution in [3.8, 4) is 0 Å². The first kappa shape index (κ1) is 14.8. The molecule has 0 radical (unpaired) electrons. The van der Waals surface area contributed by atoms with E-state index in [-0.39, 0.29) is 17.8 Å². The van der Waals surface area contributed by atoms with Gasteiger partial charge in [-0.3, -0.25) is 4.79 Å². The molecule has 1 saturated heterocycles. The topological polar surface area (TPSA) is 38.3 Å². The zero-order valence-corrected chi connectivity index (χ0v) is 11.0. The van der Waals surface area contributed by atoms with Crippen molar-refractivity contribution < 1.29 is 22.7 Å². The van der Waals surface area contributed by atoms with Crippen molar-refractivity contribution in [2.45, 2.75) is 18.5 Å². The summed E-state index contributed by atoms with van der Waals surface area (Å²) in [4.78, 5) is 11.7. The predicted octanol–water partition coefficient (Wildman–Crippen LogP) is 2.57. The van der Waals surface area contributed by atoms with E-state index in [1.807, 2.05) is 0 Å². The van der Waals surface area contributed by atoms with E-state index in [1.165, 1.54) is 19.2 Å². The number of benzene rings is 1. The lowest BCUT2D eigenvalue weighted by molar-refractivity contribution is -0.146. The van der Waals surface area contributed by atoms with E-state index >= 15 is 0 Å². The average molecular weight is 287 g/mol. The standard InChI is InChI=1S/C14H16F3NO2/c1-20-13(19)12-8-18-7-6-11(12)9-2-4-10(5-3-9)14(15,16)17/h2-5,11-12,18H,6-8H2,1H3/t11-,12-/m0/s1. The number of carbonyl (C=O) groups excluding carboxylic acids is 1. The monoisotopic (exact) mass is 287 g/mol. The number of hydrogen-bond donors (Lipinski definition) is 1. The molecule has 1 aliphatic heterocycles. The van der Waals surface area contributed by atoms with Crippen LogP contribution >= 0.6 is 0 Å². The second-order valence-corrected chi connectivity index (χ2v) is 4.85. The first-order valence-electron chi connectivity index (χ1n) is 6.39. The van der Waals surface area contributed by atoms with E-state index < -0.39 is 11.7 Å². The lowest BCUT2D eigenvalue weighted by Gasteiger charge is -2.30. The summed E-state index contributed by atoms with van der Waals surface area (Å²) < 4.78 is 42.4. The molecule has 0 saturated carbocycles. The zero-order chi connectivity index (χ0) is 14.8. The molecular formula is C14H16F3NO2. The second kappa shape index (κ2) is 5.83. The molecule has 0 unspecified atom stereocenters. The Morgan fingerprint density at radius 1 is 1.30 bits per heavy atom. The third-order valence-corrected chi connectivity index (χ3v) is 3.65. The maximum absolute atomic E-state index is 12.5. The molecule has 3 nitrogen and oxygen atoms in total. The van der Waals surface area contributed by atoms with Crippen LogP contribution in [-0.2, 0) is 15.7 Å². The lowest BCUT2D eigenvalue weighted by Crippen LogP contribution is -2.40. The molecule has 2 atom stereocenters. The second-order valence-electron chi connectivity index (χ2n) is 4.85. The molecule has 2 rings (SSSR count). The van der Waals surface area contributed by atoms with Crippen LogP contribution in [-0.4, -0.2) is 26.2 Å². The maximum atomic E-state index is 12.5. The molecule has 110 valence electrons. The lowest BCUT2D eigenvalue weighted by atomic mass is 9.81. The molecule has 0 amide bonds. The molecule has 1 aromatic rings. The van der Waals surface area contributed by atoms with Crippen LogP contribution in [0.15, 0.2) is 24.3 Å². The molecule has 1 aliphatic rings. The summed E-state index contributed by atoms with van der Waals surface area (Å²) >= 11 is 0. The van der Waals surface area contributed by atoms with Crippen LogP contribution in [0.1, 0.15) is 23.5 Å². The summed E-state index contributed by atoms with van der Waals surface area (Å²) in [5.74, 6) is -0.793. The highest BCUT2D eigenvalue weighted by molar-refractivity contribution is 5.74. The van der Waals surface area contributed by atoms with Crippen molar-refractivity contribution in [1.82, 2.24) is 5.32 Å². The van der Waals surface area contributed by atoms with Crippen LogP contribution in [0.25, 0.3) is 0 Å². The van der Waals surface area contributed by atoms with Gasteiger partial charge in [-0.15, -0.1) is 0 Å². The number of nitrogens with one attached hydrogen (secondary N) is 1. The van der Waals surface area contributed by atoms with Crippen LogP contribution in [0.3, 0.4) is 0 Å². The Labute approximate surface area is 115 Å². The fourth-order valence-corrected chi connectivity index (χ4v) is 2.58. The largest absolute Gasteiger partial charge is 0.469 e. The molecule has 6 heteroatoms. The quantitative estimate of drug-likeness (QED) is 0.850. The summed E-state index contributed by atoms with van der Waals surface area (Å²) in [7, 11) is 1.32. The predicted molar refractivity (Wildman–Crippen MR) is 67.2 cm³/mol. The normalized spacial score (nSPS) is 23.4. The number of carbonyl (C=O) groups is 1. The number of halogens is 3.